The monoisotopic (exact) mass is 441 g/mol. The van der Waals surface area contributed by atoms with Crippen molar-refractivity contribution in [3.05, 3.63) is 48.6 Å². The molecule has 2 aromatic rings. The summed E-state index contributed by atoms with van der Waals surface area (Å²) in [5, 5.41) is 11.9. The van der Waals surface area contributed by atoms with E-state index in [9.17, 15) is 9.90 Å². The maximum absolute atomic E-state index is 12.7. The SMILES string of the molecule is CC1(C)C[C@H]2C[C@@H](Oc3ccccn3)[C@H](N3CCN(C(=O)c4ccco4)CC3)[C@]2(O)CO1. The van der Waals surface area contributed by atoms with E-state index in [0.29, 0.717) is 37.8 Å². The third kappa shape index (κ3) is 3.91. The van der Waals surface area contributed by atoms with E-state index in [2.05, 4.69) is 23.7 Å². The summed E-state index contributed by atoms with van der Waals surface area (Å²) >= 11 is 0. The fourth-order valence-corrected chi connectivity index (χ4v) is 5.60. The molecule has 0 bridgehead atoms. The van der Waals surface area contributed by atoms with Gasteiger partial charge in [0.05, 0.1) is 24.5 Å². The molecule has 4 heterocycles. The average Bonchev–Trinajstić information content (AvgIpc) is 3.40. The maximum Gasteiger partial charge on any atom is 0.289 e. The molecular formula is C24H31N3O5. The lowest BCUT2D eigenvalue weighted by atomic mass is 9.78. The van der Waals surface area contributed by atoms with E-state index in [1.54, 1.807) is 23.2 Å². The zero-order valence-electron chi connectivity index (χ0n) is 18.6. The molecule has 0 unspecified atom stereocenters. The Hall–Kier alpha value is -2.42. The number of pyridine rings is 1. The summed E-state index contributed by atoms with van der Waals surface area (Å²) in [5.41, 5.74) is -1.27. The molecule has 2 saturated heterocycles. The van der Waals surface area contributed by atoms with Crippen LogP contribution in [0, 0.1) is 5.92 Å². The minimum atomic E-state index is -0.998. The minimum absolute atomic E-state index is 0.0766. The van der Waals surface area contributed by atoms with E-state index < -0.39 is 5.60 Å². The van der Waals surface area contributed by atoms with Crippen LogP contribution in [-0.2, 0) is 4.74 Å². The van der Waals surface area contributed by atoms with Gasteiger partial charge in [-0.15, -0.1) is 0 Å². The number of carbonyl (C=O) groups excluding carboxylic acids is 1. The molecule has 4 atom stereocenters. The van der Waals surface area contributed by atoms with Gasteiger partial charge in [-0.1, -0.05) is 6.07 Å². The Labute approximate surface area is 188 Å². The number of carbonyl (C=O) groups is 1. The number of hydrogen-bond acceptors (Lipinski definition) is 7. The lowest BCUT2D eigenvalue weighted by molar-refractivity contribution is -0.198. The number of fused-ring (bicyclic) bond motifs is 1. The van der Waals surface area contributed by atoms with Crippen molar-refractivity contribution in [3.8, 4) is 5.88 Å². The van der Waals surface area contributed by atoms with Crippen molar-refractivity contribution in [2.75, 3.05) is 32.8 Å². The molecule has 0 spiro atoms. The fraction of sp³-hybridized carbons (Fsp3) is 0.583. The second-order valence-corrected chi connectivity index (χ2v) is 9.75. The van der Waals surface area contributed by atoms with Crippen LogP contribution in [0.15, 0.2) is 47.2 Å². The first kappa shape index (κ1) is 21.4. The maximum atomic E-state index is 12.7. The highest BCUT2D eigenvalue weighted by molar-refractivity contribution is 5.91. The molecule has 3 fully saturated rings. The smallest absolute Gasteiger partial charge is 0.289 e. The third-order valence-corrected chi connectivity index (χ3v) is 7.16. The summed E-state index contributed by atoms with van der Waals surface area (Å²) in [6, 6.07) is 8.80. The number of amides is 1. The first-order valence-electron chi connectivity index (χ1n) is 11.4. The summed E-state index contributed by atoms with van der Waals surface area (Å²) in [4.78, 5) is 21.1. The number of rotatable bonds is 4. The van der Waals surface area contributed by atoms with Crippen molar-refractivity contribution in [2.24, 2.45) is 5.92 Å². The van der Waals surface area contributed by atoms with Crippen LogP contribution in [0.2, 0.25) is 0 Å². The average molecular weight is 442 g/mol. The van der Waals surface area contributed by atoms with Crippen LogP contribution in [0.4, 0.5) is 0 Å². The summed E-state index contributed by atoms with van der Waals surface area (Å²) in [7, 11) is 0. The molecule has 3 aliphatic rings. The minimum Gasteiger partial charge on any atom is -0.473 e. The topological polar surface area (TPSA) is 88.3 Å². The van der Waals surface area contributed by atoms with Crippen LogP contribution in [0.3, 0.4) is 0 Å². The third-order valence-electron chi connectivity index (χ3n) is 7.16. The number of aliphatic hydroxyl groups is 1. The van der Waals surface area contributed by atoms with Crippen molar-refractivity contribution in [2.45, 2.75) is 50.0 Å². The highest BCUT2D eigenvalue weighted by atomic mass is 16.5. The number of piperazine rings is 1. The standard InChI is InChI=1S/C24H31N3O5/c1-23(2)15-17-14-19(32-20-7-3-4-8-25-20)21(24(17,29)16-31-23)26-9-11-27(12-10-26)22(28)18-6-5-13-30-18/h3-8,13,17,19,21,29H,9-12,14-16H2,1-2H3/t17-,19-,21+,24+/m1/s1. The summed E-state index contributed by atoms with van der Waals surface area (Å²) in [6.07, 6.45) is 4.55. The van der Waals surface area contributed by atoms with Gasteiger partial charge in [0.25, 0.3) is 5.91 Å². The Morgan fingerprint density at radius 1 is 1.19 bits per heavy atom. The van der Waals surface area contributed by atoms with E-state index in [4.69, 9.17) is 13.9 Å². The van der Waals surface area contributed by atoms with Crippen molar-refractivity contribution in [1.29, 1.82) is 0 Å². The van der Waals surface area contributed by atoms with E-state index in [1.807, 2.05) is 18.2 Å². The number of aromatic nitrogens is 1. The normalized spacial score (nSPS) is 32.5. The van der Waals surface area contributed by atoms with Gasteiger partial charge in [0.1, 0.15) is 11.7 Å². The summed E-state index contributed by atoms with van der Waals surface area (Å²) < 4.78 is 17.7. The largest absolute Gasteiger partial charge is 0.473 e. The number of hydrogen-bond donors (Lipinski definition) is 1. The Morgan fingerprint density at radius 3 is 2.69 bits per heavy atom. The van der Waals surface area contributed by atoms with Gasteiger partial charge < -0.3 is 23.9 Å². The van der Waals surface area contributed by atoms with E-state index in [-0.39, 0.29) is 36.2 Å². The number of nitrogens with zero attached hydrogens (tertiary/aromatic N) is 3. The molecular weight excluding hydrogens is 410 g/mol. The van der Waals surface area contributed by atoms with E-state index in [0.717, 1.165) is 12.8 Å². The van der Waals surface area contributed by atoms with Crippen LogP contribution < -0.4 is 4.74 Å². The Morgan fingerprint density at radius 2 is 2.00 bits per heavy atom. The molecule has 172 valence electrons. The highest BCUT2D eigenvalue weighted by Gasteiger charge is 2.61. The van der Waals surface area contributed by atoms with Gasteiger partial charge in [-0.25, -0.2) is 4.98 Å². The van der Waals surface area contributed by atoms with E-state index >= 15 is 0 Å². The Balaban J connectivity index is 1.35. The van der Waals surface area contributed by atoms with Gasteiger partial charge in [0.15, 0.2) is 5.76 Å². The molecule has 0 radical (unpaired) electrons. The molecule has 2 aliphatic heterocycles. The molecule has 8 nitrogen and oxygen atoms in total. The molecule has 5 rings (SSSR count). The molecule has 32 heavy (non-hydrogen) atoms. The Kier molecular flexibility index (Phi) is 5.47. The predicted molar refractivity (Wildman–Crippen MR) is 116 cm³/mol. The van der Waals surface area contributed by atoms with Gasteiger partial charge in [0.2, 0.25) is 5.88 Å². The molecule has 0 aromatic carbocycles. The highest BCUT2D eigenvalue weighted by Crippen LogP contribution is 2.48. The lowest BCUT2D eigenvalue weighted by Gasteiger charge is -2.49. The van der Waals surface area contributed by atoms with Crippen LogP contribution in [0.1, 0.15) is 37.2 Å². The quantitative estimate of drug-likeness (QED) is 0.778. The van der Waals surface area contributed by atoms with Gasteiger partial charge in [0, 0.05) is 38.4 Å². The first-order chi connectivity index (χ1) is 15.4. The number of furan rings is 1. The second-order valence-electron chi connectivity index (χ2n) is 9.75. The number of ether oxygens (including phenoxy) is 2. The zero-order valence-corrected chi connectivity index (χ0v) is 18.6. The zero-order chi connectivity index (χ0) is 22.3. The molecule has 1 aliphatic carbocycles. The van der Waals surface area contributed by atoms with E-state index in [1.165, 1.54) is 6.26 Å². The Bertz CT molecular complexity index is 926. The summed E-state index contributed by atoms with van der Waals surface area (Å²) in [5.74, 6) is 0.906. The lowest BCUT2D eigenvalue weighted by Crippen LogP contribution is -2.65. The van der Waals surface area contributed by atoms with Gasteiger partial charge in [-0.2, -0.15) is 0 Å². The van der Waals surface area contributed by atoms with Crippen LogP contribution in [0.5, 0.6) is 5.88 Å². The van der Waals surface area contributed by atoms with Crippen molar-refractivity contribution < 1.29 is 23.8 Å². The molecule has 2 aromatic heterocycles. The molecule has 1 saturated carbocycles. The van der Waals surface area contributed by atoms with Gasteiger partial charge in [-0.3, -0.25) is 9.69 Å². The fourth-order valence-electron chi connectivity index (χ4n) is 5.60. The van der Waals surface area contributed by atoms with Crippen molar-refractivity contribution in [1.82, 2.24) is 14.8 Å². The van der Waals surface area contributed by atoms with Crippen molar-refractivity contribution >= 4 is 5.91 Å². The van der Waals surface area contributed by atoms with Gasteiger partial charge >= 0.3 is 0 Å². The van der Waals surface area contributed by atoms with Crippen LogP contribution >= 0.6 is 0 Å². The van der Waals surface area contributed by atoms with Gasteiger partial charge in [-0.05, 0) is 50.8 Å². The predicted octanol–water partition coefficient (Wildman–Crippen LogP) is 2.20. The summed E-state index contributed by atoms with van der Waals surface area (Å²) in [6.45, 7) is 6.87. The molecule has 1 amide bonds. The first-order valence-corrected chi connectivity index (χ1v) is 11.4. The second kappa shape index (κ2) is 8.17. The molecule has 8 heteroatoms. The van der Waals surface area contributed by atoms with Crippen LogP contribution in [0.25, 0.3) is 0 Å². The van der Waals surface area contributed by atoms with Crippen LogP contribution in [-0.4, -0.2) is 81.9 Å². The van der Waals surface area contributed by atoms with Crippen molar-refractivity contribution in [3.63, 3.8) is 0 Å². The molecule has 1 N–H and O–H groups in total.